The van der Waals surface area contributed by atoms with Crippen molar-refractivity contribution >= 4 is 5.84 Å². The van der Waals surface area contributed by atoms with Crippen molar-refractivity contribution in [2.75, 3.05) is 46.6 Å². The standard InChI is InChI=1S/C10H23N3O3/c1-3-16-9-7-13(6-8-15-2)5-4-10(11)12-14/h14H,3-9H2,1-2H3,(H2,11,12). The molecule has 16 heavy (non-hydrogen) atoms. The maximum atomic E-state index is 8.43. The number of hydrogen-bond donors (Lipinski definition) is 2. The van der Waals surface area contributed by atoms with E-state index in [1.54, 1.807) is 7.11 Å². The van der Waals surface area contributed by atoms with Crippen molar-refractivity contribution < 1.29 is 14.7 Å². The van der Waals surface area contributed by atoms with Gasteiger partial charge >= 0.3 is 0 Å². The van der Waals surface area contributed by atoms with Gasteiger partial charge < -0.3 is 20.4 Å². The van der Waals surface area contributed by atoms with Crippen molar-refractivity contribution in [1.82, 2.24) is 4.90 Å². The van der Waals surface area contributed by atoms with Crippen molar-refractivity contribution in [3.8, 4) is 0 Å². The fourth-order valence-electron chi connectivity index (χ4n) is 1.22. The SMILES string of the molecule is CCOCCN(CCOC)CCC(N)=NO. The highest BCUT2D eigenvalue weighted by Crippen LogP contribution is 1.93. The monoisotopic (exact) mass is 233 g/mol. The van der Waals surface area contributed by atoms with Crippen LogP contribution in [-0.2, 0) is 9.47 Å². The van der Waals surface area contributed by atoms with Crippen LogP contribution in [0.5, 0.6) is 0 Å². The van der Waals surface area contributed by atoms with Gasteiger partial charge in [-0.2, -0.15) is 0 Å². The Hall–Kier alpha value is -0.850. The molecule has 6 nitrogen and oxygen atoms in total. The Kier molecular flexibility index (Phi) is 10.1. The molecular formula is C10H23N3O3. The smallest absolute Gasteiger partial charge is 0.140 e. The lowest BCUT2D eigenvalue weighted by molar-refractivity contribution is 0.0959. The predicted octanol–water partition coefficient (Wildman–Crippen LogP) is 0.108. The van der Waals surface area contributed by atoms with Crippen molar-refractivity contribution in [3.63, 3.8) is 0 Å². The summed E-state index contributed by atoms with van der Waals surface area (Å²) < 4.78 is 10.3. The minimum absolute atomic E-state index is 0.249. The van der Waals surface area contributed by atoms with Gasteiger partial charge in [0, 0.05) is 39.8 Å². The molecule has 0 amide bonds. The molecule has 0 aromatic carbocycles. The van der Waals surface area contributed by atoms with Gasteiger partial charge in [0.05, 0.1) is 13.2 Å². The van der Waals surface area contributed by atoms with Gasteiger partial charge in [0.2, 0.25) is 0 Å². The molecule has 0 aromatic heterocycles. The number of ether oxygens (including phenoxy) is 2. The topological polar surface area (TPSA) is 80.3 Å². The number of hydrogen-bond acceptors (Lipinski definition) is 5. The van der Waals surface area contributed by atoms with Gasteiger partial charge in [0.15, 0.2) is 0 Å². The zero-order valence-corrected chi connectivity index (χ0v) is 10.2. The molecule has 0 spiro atoms. The molecule has 0 aromatic rings. The predicted molar refractivity (Wildman–Crippen MR) is 62.8 cm³/mol. The summed E-state index contributed by atoms with van der Waals surface area (Å²) >= 11 is 0. The Morgan fingerprint density at radius 3 is 2.56 bits per heavy atom. The van der Waals surface area contributed by atoms with Gasteiger partial charge in [-0.25, -0.2) is 0 Å². The third-order valence-corrected chi connectivity index (χ3v) is 2.18. The lowest BCUT2D eigenvalue weighted by Crippen LogP contribution is -2.34. The summed E-state index contributed by atoms with van der Waals surface area (Å²) in [7, 11) is 1.67. The first-order valence-electron chi connectivity index (χ1n) is 5.50. The Morgan fingerprint density at radius 2 is 2.00 bits per heavy atom. The first-order valence-corrected chi connectivity index (χ1v) is 5.50. The van der Waals surface area contributed by atoms with Crippen LogP contribution in [0.25, 0.3) is 0 Å². The average molecular weight is 233 g/mol. The number of rotatable bonds is 10. The van der Waals surface area contributed by atoms with Gasteiger partial charge in [-0.05, 0) is 6.92 Å². The van der Waals surface area contributed by atoms with Crippen LogP contribution in [0.4, 0.5) is 0 Å². The number of oxime groups is 1. The molecule has 3 N–H and O–H groups in total. The van der Waals surface area contributed by atoms with Crippen LogP contribution in [0.2, 0.25) is 0 Å². The van der Waals surface area contributed by atoms with Gasteiger partial charge in [-0.15, -0.1) is 0 Å². The number of methoxy groups -OCH3 is 1. The summed E-state index contributed by atoms with van der Waals surface area (Å²) in [4.78, 5) is 2.16. The first-order chi connectivity index (χ1) is 7.74. The van der Waals surface area contributed by atoms with Crippen LogP contribution in [0.15, 0.2) is 5.16 Å². The summed E-state index contributed by atoms with van der Waals surface area (Å²) in [5.41, 5.74) is 5.42. The maximum absolute atomic E-state index is 8.43. The fourth-order valence-corrected chi connectivity index (χ4v) is 1.22. The van der Waals surface area contributed by atoms with Crippen LogP contribution in [0, 0.1) is 0 Å². The summed E-state index contributed by atoms with van der Waals surface area (Å²) in [5.74, 6) is 0.249. The van der Waals surface area contributed by atoms with Crippen LogP contribution >= 0.6 is 0 Å². The maximum Gasteiger partial charge on any atom is 0.140 e. The minimum atomic E-state index is 0.249. The van der Waals surface area contributed by atoms with E-state index in [-0.39, 0.29) is 5.84 Å². The third-order valence-electron chi connectivity index (χ3n) is 2.18. The van der Waals surface area contributed by atoms with E-state index in [0.29, 0.717) is 19.6 Å². The van der Waals surface area contributed by atoms with Crippen molar-refractivity contribution in [1.29, 1.82) is 0 Å². The quantitative estimate of drug-likeness (QED) is 0.184. The summed E-state index contributed by atoms with van der Waals surface area (Å²) in [6, 6.07) is 0. The molecule has 0 aliphatic heterocycles. The Bertz CT molecular complexity index is 188. The van der Waals surface area contributed by atoms with Gasteiger partial charge in [-0.3, -0.25) is 4.90 Å². The highest BCUT2D eigenvalue weighted by atomic mass is 16.5. The summed E-state index contributed by atoms with van der Waals surface area (Å²) in [6.45, 7) is 6.44. The first kappa shape index (κ1) is 15.2. The van der Waals surface area contributed by atoms with Gasteiger partial charge in [0.25, 0.3) is 0 Å². The van der Waals surface area contributed by atoms with E-state index >= 15 is 0 Å². The number of nitrogens with two attached hydrogens (primary N) is 1. The van der Waals surface area contributed by atoms with E-state index in [1.165, 1.54) is 0 Å². The lowest BCUT2D eigenvalue weighted by Gasteiger charge is -2.21. The van der Waals surface area contributed by atoms with E-state index in [2.05, 4.69) is 10.1 Å². The van der Waals surface area contributed by atoms with E-state index in [4.69, 9.17) is 20.4 Å². The number of amidine groups is 1. The molecule has 0 fully saturated rings. The highest BCUT2D eigenvalue weighted by molar-refractivity contribution is 5.79. The second-order valence-electron chi connectivity index (χ2n) is 3.37. The molecule has 0 saturated heterocycles. The Morgan fingerprint density at radius 1 is 1.31 bits per heavy atom. The normalized spacial score (nSPS) is 12.3. The zero-order valence-electron chi connectivity index (χ0n) is 10.2. The van der Waals surface area contributed by atoms with Gasteiger partial charge in [0.1, 0.15) is 5.84 Å². The van der Waals surface area contributed by atoms with Crippen molar-refractivity contribution in [2.24, 2.45) is 10.9 Å². The van der Waals surface area contributed by atoms with E-state index in [9.17, 15) is 0 Å². The van der Waals surface area contributed by atoms with E-state index in [1.807, 2.05) is 6.92 Å². The summed E-state index contributed by atoms with van der Waals surface area (Å²) in [6.07, 6.45) is 0.548. The molecule has 0 bridgehead atoms. The second kappa shape index (κ2) is 10.7. The molecule has 0 aliphatic carbocycles. The molecule has 0 atom stereocenters. The average Bonchev–Trinajstić information content (AvgIpc) is 2.31. The van der Waals surface area contributed by atoms with Gasteiger partial charge in [-0.1, -0.05) is 5.16 Å². The van der Waals surface area contributed by atoms with Crippen LogP contribution < -0.4 is 5.73 Å². The minimum Gasteiger partial charge on any atom is -0.409 e. The van der Waals surface area contributed by atoms with Crippen LogP contribution in [0.1, 0.15) is 13.3 Å². The molecule has 96 valence electrons. The molecule has 0 rings (SSSR count). The molecule has 0 heterocycles. The molecule has 0 unspecified atom stereocenters. The summed E-state index contributed by atoms with van der Waals surface area (Å²) in [5, 5.41) is 11.4. The van der Waals surface area contributed by atoms with E-state index < -0.39 is 0 Å². The molecular weight excluding hydrogens is 210 g/mol. The Balaban J connectivity index is 3.79. The van der Waals surface area contributed by atoms with E-state index in [0.717, 1.165) is 26.2 Å². The molecule has 0 saturated carbocycles. The molecule has 6 heteroatoms. The fraction of sp³-hybridized carbons (Fsp3) is 0.900. The van der Waals surface area contributed by atoms with Crippen LogP contribution in [0.3, 0.4) is 0 Å². The Labute approximate surface area is 97.0 Å². The third kappa shape index (κ3) is 8.46. The van der Waals surface area contributed by atoms with Crippen molar-refractivity contribution in [2.45, 2.75) is 13.3 Å². The molecule has 0 aliphatic rings. The van der Waals surface area contributed by atoms with Crippen molar-refractivity contribution in [3.05, 3.63) is 0 Å². The largest absolute Gasteiger partial charge is 0.409 e. The van der Waals surface area contributed by atoms with Crippen LogP contribution in [-0.4, -0.2) is 62.5 Å². The second-order valence-corrected chi connectivity index (χ2v) is 3.37. The zero-order chi connectivity index (χ0) is 12.2. The number of nitrogens with zero attached hydrogens (tertiary/aromatic N) is 2. The molecule has 0 radical (unpaired) electrons. The lowest BCUT2D eigenvalue weighted by atomic mass is 10.3. The highest BCUT2D eigenvalue weighted by Gasteiger charge is 2.05.